The summed E-state index contributed by atoms with van der Waals surface area (Å²) in [5, 5.41) is 11.2. The summed E-state index contributed by atoms with van der Waals surface area (Å²) in [5.41, 5.74) is 1.59. The number of benzene rings is 2. The zero-order chi connectivity index (χ0) is 18.8. The third-order valence-electron chi connectivity index (χ3n) is 4.59. The first kappa shape index (κ1) is 17.6. The smallest absolute Gasteiger partial charge is 0.338 e. The molecule has 1 unspecified atom stereocenters. The van der Waals surface area contributed by atoms with E-state index in [2.05, 4.69) is 11.7 Å². The summed E-state index contributed by atoms with van der Waals surface area (Å²) in [4.78, 5) is 37.0. The van der Waals surface area contributed by atoms with E-state index in [1.807, 2.05) is 24.3 Å². The van der Waals surface area contributed by atoms with E-state index < -0.39 is 10.9 Å². The van der Waals surface area contributed by atoms with Gasteiger partial charge < -0.3 is 9.64 Å². The first-order chi connectivity index (χ1) is 12.4. The van der Waals surface area contributed by atoms with Gasteiger partial charge in [-0.15, -0.1) is 0 Å². The summed E-state index contributed by atoms with van der Waals surface area (Å²) in [6, 6.07) is 11.2. The molecule has 2 aromatic carbocycles. The number of ether oxygens (including phenoxy) is 1. The topological polar surface area (TPSA) is 89.8 Å². The predicted octanol–water partition coefficient (Wildman–Crippen LogP) is 3.54. The van der Waals surface area contributed by atoms with Crippen molar-refractivity contribution in [2.75, 3.05) is 18.6 Å². The maximum Gasteiger partial charge on any atom is 0.338 e. The van der Waals surface area contributed by atoms with Gasteiger partial charge in [0.2, 0.25) is 0 Å². The molecule has 0 aromatic heterocycles. The average molecular weight is 354 g/mol. The van der Waals surface area contributed by atoms with Crippen molar-refractivity contribution in [1.82, 2.24) is 0 Å². The second-order valence-corrected chi connectivity index (χ2v) is 6.22. The van der Waals surface area contributed by atoms with Gasteiger partial charge in [0.25, 0.3) is 11.6 Å². The molecule has 7 heteroatoms. The Hall–Kier alpha value is -3.22. The Morgan fingerprint density at radius 2 is 1.88 bits per heavy atom. The van der Waals surface area contributed by atoms with Crippen LogP contribution in [0.5, 0.6) is 0 Å². The summed E-state index contributed by atoms with van der Waals surface area (Å²) in [6.45, 7) is 2.61. The van der Waals surface area contributed by atoms with Gasteiger partial charge in [-0.2, -0.15) is 0 Å². The Bertz CT molecular complexity index is 893. The minimum Gasteiger partial charge on any atom is -0.465 e. The molecule has 1 heterocycles. The molecule has 0 aliphatic carbocycles. The lowest BCUT2D eigenvalue weighted by molar-refractivity contribution is -0.384. The molecule has 0 radical (unpaired) electrons. The van der Waals surface area contributed by atoms with Crippen molar-refractivity contribution in [2.45, 2.75) is 19.3 Å². The van der Waals surface area contributed by atoms with Gasteiger partial charge in [0, 0.05) is 29.9 Å². The van der Waals surface area contributed by atoms with Crippen LogP contribution in [0.4, 0.5) is 11.4 Å². The van der Waals surface area contributed by atoms with E-state index in [-0.39, 0.29) is 22.7 Å². The number of carbonyl (C=O) groups excluding carboxylic acids is 2. The summed E-state index contributed by atoms with van der Waals surface area (Å²) in [7, 11) is 1.19. The van der Waals surface area contributed by atoms with Crippen molar-refractivity contribution < 1.29 is 19.2 Å². The normalized spacial score (nSPS) is 15.9. The van der Waals surface area contributed by atoms with E-state index in [0.29, 0.717) is 12.5 Å². The first-order valence-electron chi connectivity index (χ1n) is 8.21. The number of esters is 1. The van der Waals surface area contributed by atoms with Crippen LogP contribution in [-0.2, 0) is 4.74 Å². The quantitative estimate of drug-likeness (QED) is 0.478. The van der Waals surface area contributed by atoms with Crippen molar-refractivity contribution in [3.8, 4) is 0 Å². The number of hydrogen-bond acceptors (Lipinski definition) is 5. The molecule has 0 fully saturated rings. The van der Waals surface area contributed by atoms with Gasteiger partial charge in [-0.05, 0) is 30.0 Å². The van der Waals surface area contributed by atoms with Gasteiger partial charge in [-0.25, -0.2) is 4.79 Å². The maximum atomic E-state index is 13.1. The summed E-state index contributed by atoms with van der Waals surface area (Å²) in [6.07, 6.45) is 0.793. The molecule has 1 amide bonds. The second kappa shape index (κ2) is 6.95. The number of fused-ring (bicyclic) bond motifs is 1. The van der Waals surface area contributed by atoms with Gasteiger partial charge in [0.05, 0.1) is 17.6 Å². The molecule has 26 heavy (non-hydrogen) atoms. The predicted molar refractivity (Wildman–Crippen MR) is 95.6 cm³/mol. The van der Waals surface area contributed by atoms with Crippen LogP contribution in [0.1, 0.15) is 45.5 Å². The molecule has 0 N–H and O–H groups in total. The maximum absolute atomic E-state index is 13.1. The second-order valence-electron chi connectivity index (χ2n) is 6.22. The van der Waals surface area contributed by atoms with E-state index >= 15 is 0 Å². The van der Waals surface area contributed by atoms with E-state index in [1.165, 1.54) is 19.2 Å². The number of carbonyl (C=O) groups is 2. The lowest BCUT2D eigenvalue weighted by atomic mass is 9.91. The number of amides is 1. The minimum atomic E-state index is -0.726. The minimum absolute atomic E-state index is 0.0243. The highest BCUT2D eigenvalue weighted by atomic mass is 16.6. The molecule has 3 rings (SSSR count). The lowest BCUT2D eigenvalue weighted by Crippen LogP contribution is -2.36. The number of nitro benzene ring substituents is 1. The summed E-state index contributed by atoms with van der Waals surface area (Å²) in [5.74, 6) is -0.778. The molecular weight excluding hydrogens is 336 g/mol. The molecule has 1 atom stereocenters. The van der Waals surface area contributed by atoms with Crippen LogP contribution in [0.25, 0.3) is 0 Å². The van der Waals surface area contributed by atoms with Crippen LogP contribution < -0.4 is 4.90 Å². The number of nitro groups is 1. The molecule has 134 valence electrons. The van der Waals surface area contributed by atoms with Gasteiger partial charge in [0.15, 0.2) is 0 Å². The number of hydrogen-bond donors (Lipinski definition) is 0. The SMILES string of the molecule is COC(=O)c1cc(C(=O)N2CCC(C)c3ccccc32)cc([N+](=O)[O-])c1. The van der Waals surface area contributed by atoms with Gasteiger partial charge in [-0.3, -0.25) is 14.9 Å². The van der Waals surface area contributed by atoms with Crippen molar-refractivity contribution in [3.05, 3.63) is 69.3 Å². The van der Waals surface area contributed by atoms with E-state index in [0.717, 1.165) is 23.7 Å². The third kappa shape index (κ3) is 3.15. The summed E-state index contributed by atoms with van der Waals surface area (Å²) < 4.78 is 4.64. The van der Waals surface area contributed by atoms with Crippen LogP contribution in [-0.4, -0.2) is 30.5 Å². The first-order valence-corrected chi connectivity index (χ1v) is 8.21. The number of anilines is 1. The number of para-hydroxylation sites is 1. The fraction of sp³-hybridized carbons (Fsp3) is 0.263. The molecule has 2 aromatic rings. The zero-order valence-electron chi connectivity index (χ0n) is 14.5. The van der Waals surface area contributed by atoms with Crippen molar-refractivity contribution in [2.24, 2.45) is 0 Å². The fourth-order valence-corrected chi connectivity index (χ4v) is 3.19. The monoisotopic (exact) mass is 354 g/mol. The van der Waals surface area contributed by atoms with Crippen LogP contribution in [0, 0.1) is 10.1 Å². The van der Waals surface area contributed by atoms with Gasteiger partial charge >= 0.3 is 5.97 Å². The van der Waals surface area contributed by atoms with Crippen LogP contribution in [0.3, 0.4) is 0 Å². The highest BCUT2D eigenvalue weighted by Crippen LogP contribution is 2.35. The average Bonchev–Trinajstić information content (AvgIpc) is 2.67. The standard InChI is InChI=1S/C19H18N2O5/c1-12-7-8-20(17-6-4-3-5-16(12)17)18(22)13-9-14(19(23)26-2)11-15(10-13)21(24)25/h3-6,9-12H,7-8H2,1-2H3. The number of non-ortho nitro benzene ring substituents is 1. The molecule has 0 spiro atoms. The Morgan fingerprint density at radius 3 is 2.58 bits per heavy atom. The van der Waals surface area contributed by atoms with E-state index in [4.69, 9.17) is 0 Å². The van der Waals surface area contributed by atoms with Gasteiger partial charge in [-0.1, -0.05) is 25.1 Å². The van der Waals surface area contributed by atoms with Crippen LogP contribution in [0.15, 0.2) is 42.5 Å². The number of rotatable bonds is 3. The van der Waals surface area contributed by atoms with E-state index in [1.54, 1.807) is 4.90 Å². The summed E-state index contributed by atoms with van der Waals surface area (Å²) >= 11 is 0. The van der Waals surface area contributed by atoms with Crippen LogP contribution >= 0.6 is 0 Å². The van der Waals surface area contributed by atoms with Crippen molar-refractivity contribution in [3.63, 3.8) is 0 Å². The zero-order valence-corrected chi connectivity index (χ0v) is 14.5. The molecule has 1 aliphatic rings. The van der Waals surface area contributed by atoms with Crippen LogP contribution in [0.2, 0.25) is 0 Å². The Labute approximate surface area is 150 Å². The molecule has 7 nitrogen and oxygen atoms in total. The van der Waals surface area contributed by atoms with E-state index in [9.17, 15) is 19.7 Å². The third-order valence-corrected chi connectivity index (χ3v) is 4.59. The Kier molecular flexibility index (Phi) is 4.71. The largest absolute Gasteiger partial charge is 0.465 e. The Balaban J connectivity index is 2.05. The number of nitrogens with zero attached hydrogens (tertiary/aromatic N) is 2. The molecule has 0 saturated carbocycles. The Morgan fingerprint density at radius 1 is 1.19 bits per heavy atom. The molecule has 1 aliphatic heterocycles. The highest BCUT2D eigenvalue weighted by molar-refractivity contribution is 6.08. The lowest BCUT2D eigenvalue weighted by Gasteiger charge is -2.33. The fourth-order valence-electron chi connectivity index (χ4n) is 3.19. The molecule has 0 saturated heterocycles. The van der Waals surface area contributed by atoms with Crippen molar-refractivity contribution >= 4 is 23.3 Å². The molecule has 0 bridgehead atoms. The molecular formula is C19H18N2O5. The van der Waals surface area contributed by atoms with Crippen molar-refractivity contribution in [1.29, 1.82) is 0 Å². The number of methoxy groups -OCH3 is 1. The van der Waals surface area contributed by atoms with Gasteiger partial charge in [0.1, 0.15) is 0 Å². The highest BCUT2D eigenvalue weighted by Gasteiger charge is 2.28.